The molecule has 2 rings (SSSR count). The van der Waals surface area contributed by atoms with Crippen molar-refractivity contribution >= 4 is 15.9 Å². The topological polar surface area (TPSA) is 44.5 Å². The van der Waals surface area contributed by atoms with Crippen molar-refractivity contribution in [3.05, 3.63) is 34.1 Å². The molecule has 6 heteroatoms. The van der Waals surface area contributed by atoms with Gasteiger partial charge < -0.3 is 9.80 Å². The lowest BCUT2D eigenvalue weighted by Gasteiger charge is -2.34. The van der Waals surface area contributed by atoms with Gasteiger partial charge in [0.2, 0.25) is 0 Å². The van der Waals surface area contributed by atoms with Crippen molar-refractivity contribution in [2.75, 3.05) is 33.7 Å². The van der Waals surface area contributed by atoms with Crippen LogP contribution in [0.25, 0.3) is 0 Å². The SMILES string of the molecule is CN1CCCN(C)C(C(Cc2ccc(F)c(Br)c2)NN)C1. The fraction of sp³-hybridized carbons (Fsp3) is 0.600. The minimum atomic E-state index is -0.234. The van der Waals surface area contributed by atoms with E-state index in [-0.39, 0.29) is 11.9 Å². The van der Waals surface area contributed by atoms with Crippen LogP contribution >= 0.6 is 15.9 Å². The van der Waals surface area contributed by atoms with Crippen LogP contribution in [-0.4, -0.2) is 55.6 Å². The van der Waals surface area contributed by atoms with Crippen LogP contribution in [0.3, 0.4) is 0 Å². The maximum Gasteiger partial charge on any atom is 0.137 e. The smallest absolute Gasteiger partial charge is 0.137 e. The highest BCUT2D eigenvalue weighted by atomic mass is 79.9. The Morgan fingerprint density at radius 1 is 1.43 bits per heavy atom. The average molecular weight is 359 g/mol. The molecule has 1 aromatic rings. The number of rotatable bonds is 4. The van der Waals surface area contributed by atoms with E-state index < -0.39 is 0 Å². The van der Waals surface area contributed by atoms with E-state index in [0.29, 0.717) is 10.5 Å². The molecule has 1 saturated heterocycles. The molecule has 1 fully saturated rings. The normalized spacial score (nSPS) is 23.0. The van der Waals surface area contributed by atoms with Gasteiger partial charge in [-0.15, -0.1) is 0 Å². The van der Waals surface area contributed by atoms with Gasteiger partial charge >= 0.3 is 0 Å². The molecule has 2 atom stereocenters. The number of hydrazine groups is 1. The zero-order chi connectivity index (χ0) is 15.4. The summed E-state index contributed by atoms with van der Waals surface area (Å²) < 4.78 is 13.8. The summed E-state index contributed by atoms with van der Waals surface area (Å²) in [4.78, 5) is 4.71. The molecular weight excluding hydrogens is 335 g/mol. The van der Waals surface area contributed by atoms with E-state index in [9.17, 15) is 4.39 Å². The number of nitrogens with one attached hydrogen (secondary N) is 1. The number of benzene rings is 1. The van der Waals surface area contributed by atoms with E-state index in [1.807, 2.05) is 12.1 Å². The van der Waals surface area contributed by atoms with E-state index in [2.05, 4.69) is 45.3 Å². The third-order valence-electron chi connectivity index (χ3n) is 4.23. The summed E-state index contributed by atoms with van der Waals surface area (Å²) in [5.41, 5.74) is 4.03. The highest BCUT2D eigenvalue weighted by Gasteiger charge is 2.28. The maximum absolute atomic E-state index is 13.3. The van der Waals surface area contributed by atoms with E-state index >= 15 is 0 Å². The molecule has 1 aromatic carbocycles. The van der Waals surface area contributed by atoms with Gasteiger partial charge in [-0.2, -0.15) is 0 Å². The number of hydrogen-bond acceptors (Lipinski definition) is 4. The van der Waals surface area contributed by atoms with Gasteiger partial charge in [-0.1, -0.05) is 6.07 Å². The van der Waals surface area contributed by atoms with Crippen LogP contribution in [0, 0.1) is 5.82 Å². The summed E-state index contributed by atoms with van der Waals surface area (Å²) in [6, 6.07) is 5.63. The molecule has 1 aliphatic rings. The monoisotopic (exact) mass is 358 g/mol. The van der Waals surface area contributed by atoms with Gasteiger partial charge in [0.25, 0.3) is 0 Å². The highest BCUT2D eigenvalue weighted by Crippen LogP contribution is 2.20. The van der Waals surface area contributed by atoms with Crippen molar-refractivity contribution in [2.45, 2.75) is 24.9 Å². The maximum atomic E-state index is 13.3. The summed E-state index contributed by atoms with van der Waals surface area (Å²) in [5, 5.41) is 0. The quantitative estimate of drug-likeness (QED) is 0.633. The van der Waals surface area contributed by atoms with Crippen molar-refractivity contribution in [3.63, 3.8) is 0 Å². The molecule has 2 unspecified atom stereocenters. The Labute approximate surface area is 134 Å². The lowest BCUT2D eigenvalue weighted by Crippen LogP contribution is -2.55. The van der Waals surface area contributed by atoms with Crippen molar-refractivity contribution < 1.29 is 4.39 Å². The molecule has 0 spiro atoms. The van der Waals surface area contributed by atoms with Crippen LogP contribution in [0.5, 0.6) is 0 Å². The first-order valence-corrected chi connectivity index (χ1v) is 8.09. The van der Waals surface area contributed by atoms with Crippen molar-refractivity contribution in [3.8, 4) is 0 Å². The number of halogens is 2. The number of likely N-dealkylation sites (N-methyl/N-ethyl adjacent to an activating group) is 2. The Hall–Kier alpha value is -0.530. The standard InChI is InChI=1S/C15H24BrFN4/c1-20-6-3-7-21(2)15(10-20)14(19-18)9-11-4-5-13(17)12(16)8-11/h4-5,8,14-15,19H,3,6-7,9-10,18H2,1-2H3. The Bertz CT molecular complexity index is 471. The molecule has 1 aliphatic heterocycles. The summed E-state index contributed by atoms with van der Waals surface area (Å²) in [6.07, 6.45) is 1.95. The summed E-state index contributed by atoms with van der Waals surface area (Å²) in [6.45, 7) is 3.16. The lowest BCUT2D eigenvalue weighted by atomic mass is 9.98. The van der Waals surface area contributed by atoms with Crippen LogP contribution in [0.4, 0.5) is 4.39 Å². The largest absolute Gasteiger partial charge is 0.305 e. The Balaban J connectivity index is 2.11. The molecule has 0 aliphatic carbocycles. The van der Waals surface area contributed by atoms with Gasteiger partial charge in [-0.05, 0) is 73.7 Å². The van der Waals surface area contributed by atoms with Gasteiger partial charge in [-0.3, -0.25) is 11.3 Å². The second kappa shape index (κ2) is 7.65. The molecule has 0 aromatic heterocycles. The first-order chi connectivity index (χ1) is 10.0. The van der Waals surface area contributed by atoms with E-state index in [1.54, 1.807) is 0 Å². The van der Waals surface area contributed by atoms with Crippen LogP contribution in [0.2, 0.25) is 0 Å². The fourth-order valence-electron chi connectivity index (χ4n) is 2.97. The molecule has 0 amide bonds. The molecule has 4 nitrogen and oxygen atoms in total. The van der Waals surface area contributed by atoms with Crippen molar-refractivity contribution in [1.29, 1.82) is 0 Å². The molecule has 118 valence electrons. The van der Waals surface area contributed by atoms with Crippen molar-refractivity contribution in [2.24, 2.45) is 5.84 Å². The number of nitrogens with two attached hydrogens (primary N) is 1. The molecule has 0 radical (unpaired) electrons. The minimum absolute atomic E-state index is 0.132. The molecule has 3 N–H and O–H groups in total. The average Bonchev–Trinajstić information content (AvgIpc) is 2.61. The second-order valence-corrected chi connectivity index (χ2v) is 6.74. The van der Waals surface area contributed by atoms with Crippen LogP contribution < -0.4 is 11.3 Å². The first kappa shape index (κ1) is 16.8. The summed E-state index contributed by atoms with van der Waals surface area (Å²) >= 11 is 3.24. The minimum Gasteiger partial charge on any atom is -0.305 e. The highest BCUT2D eigenvalue weighted by molar-refractivity contribution is 9.10. The van der Waals surface area contributed by atoms with Crippen LogP contribution in [0.1, 0.15) is 12.0 Å². The third kappa shape index (κ3) is 4.47. The predicted octanol–water partition coefficient (Wildman–Crippen LogP) is 1.60. The van der Waals surface area contributed by atoms with Gasteiger partial charge in [0.05, 0.1) is 4.47 Å². The number of nitrogens with zero attached hydrogens (tertiary/aromatic N) is 2. The van der Waals surface area contributed by atoms with Crippen LogP contribution in [0.15, 0.2) is 22.7 Å². The van der Waals surface area contributed by atoms with Crippen molar-refractivity contribution in [1.82, 2.24) is 15.2 Å². The summed E-state index contributed by atoms with van der Waals surface area (Å²) in [7, 11) is 4.29. The molecule has 1 heterocycles. The lowest BCUT2D eigenvalue weighted by molar-refractivity contribution is 0.177. The second-order valence-electron chi connectivity index (χ2n) is 5.89. The van der Waals surface area contributed by atoms with Gasteiger partial charge in [0.1, 0.15) is 5.82 Å². The van der Waals surface area contributed by atoms with Gasteiger partial charge in [0.15, 0.2) is 0 Å². The predicted molar refractivity (Wildman–Crippen MR) is 87.4 cm³/mol. The fourth-order valence-corrected chi connectivity index (χ4v) is 3.39. The molecule has 0 bridgehead atoms. The first-order valence-electron chi connectivity index (χ1n) is 7.30. The van der Waals surface area contributed by atoms with Gasteiger partial charge in [0, 0.05) is 18.6 Å². The van der Waals surface area contributed by atoms with E-state index in [1.165, 1.54) is 12.5 Å². The van der Waals surface area contributed by atoms with E-state index in [0.717, 1.165) is 31.6 Å². The molecular formula is C15H24BrFN4. The zero-order valence-corrected chi connectivity index (χ0v) is 14.2. The van der Waals surface area contributed by atoms with Gasteiger partial charge in [-0.25, -0.2) is 4.39 Å². The summed E-state index contributed by atoms with van der Waals surface area (Å²) in [5.74, 6) is 5.56. The molecule has 0 saturated carbocycles. The molecule has 21 heavy (non-hydrogen) atoms. The van der Waals surface area contributed by atoms with Crippen LogP contribution in [-0.2, 0) is 6.42 Å². The van der Waals surface area contributed by atoms with E-state index in [4.69, 9.17) is 5.84 Å². The Morgan fingerprint density at radius 2 is 2.19 bits per heavy atom. The zero-order valence-electron chi connectivity index (χ0n) is 12.6. The number of hydrogen-bond donors (Lipinski definition) is 2. The Kier molecular flexibility index (Phi) is 6.13. The Morgan fingerprint density at radius 3 is 2.86 bits per heavy atom. The third-order valence-corrected chi connectivity index (χ3v) is 4.84.